The molecule has 8 heteroatoms. The van der Waals surface area contributed by atoms with Crippen LogP contribution in [0.15, 0.2) is 73.1 Å². The van der Waals surface area contributed by atoms with Crippen LogP contribution < -0.4 is 5.32 Å². The highest BCUT2D eigenvalue weighted by Crippen LogP contribution is 2.25. The smallest absolute Gasteiger partial charge is 0.269 e. The van der Waals surface area contributed by atoms with Crippen molar-refractivity contribution in [2.45, 2.75) is 6.10 Å². The predicted octanol–water partition coefficient (Wildman–Crippen LogP) is 3.75. The van der Waals surface area contributed by atoms with Crippen molar-refractivity contribution < 1.29 is 10.0 Å². The summed E-state index contributed by atoms with van der Waals surface area (Å²) in [4.78, 5) is 23.6. The molecule has 0 bridgehead atoms. The van der Waals surface area contributed by atoms with Crippen molar-refractivity contribution >= 4 is 22.4 Å². The standard InChI is InChI=1S/C21H17N5O3/c27-19(14-5-7-16(8-6-14)26(28)29)13-23-21-17-3-1-2-4-18(17)24-20(25-21)15-9-11-22-12-10-15/h1-12,19,27H,13H2,(H,23,24,25)/t19-/m1/s1. The number of rotatable bonds is 6. The summed E-state index contributed by atoms with van der Waals surface area (Å²) in [5.41, 5.74) is 2.18. The van der Waals surface area contributed by atoms with Gasteiger partial charge < -0.3 is 10.4 Å². The fourth-order valence-electron chi connectivity index (χ4n) is 2.97. The van der Waals surface area contributed by atoms with Gasteiger partial charge in [0.05, 0.1) is 16.5 Å². The first-order valence-corrected chi connectivity index (χ1v) is 8.95. The van der Waals surface area contributed by atoms with E-state index in [0.29, 0.717) is 17.2 Å². The number of nitrogens with zero attached hydrogens (tertiary/aromatic N) is 4. The molecule has 2 aromatic heterocycles. The molecule has 2 N–H and O–H groups in total. The number of nitrogens with one attached hydrogen (secondary N) is 1. The molecule has 8 nitrogen and oxygen atoms in total. The first-order valence-electron chi connectivity index (χ1n) is 8.95. The van der Waals surface area contributed by atoms with E-state index >= 15 is 0 Å². The average molecular weight is 387 g/mol. The zero-order valence-electron chi connectivity index (χ0n) is 15.3. The van der Waals surface area contributed by atoms with Gasteiger partial charge in [0.2, 0.25) is 0 Å². The van der Waals surface area contributed by atoms with Crippen LogP contribution in [0.1, 0.15) is 11.7 Å². The van der Waals surface area contributed by atoms with Gasteiger partial charge in [-0.05, 0) is 42.0 Å². The van der Waals surface area contributed by atoms with E-state index in [-0.39, 0.29) is 12.2 Å². The quantitative estimate of drug-likeness (QED) is 0.382. The van der Waals surface area contributed by atoms with Crippen molar-refractivity contribution in [3.05, 3.63) is 88.7 Å². The first kappa shape index (κ1) is 18.5. The number of hydrogen-bond acceptors (Lipinski definition) is 7. The maximum atomic E-state index is 10.8. The number of aliphatic hydroxyl groups excluding tert-OH is 1. The van der Waals surface area contributed by atoms with Crippen LogP contribution in [0.5, 0.6) is 0 Å². The molecule has 0 aliphatic rings. The molecular formula is C21H17N5O3. The van der Waals surface area contributed by atoms with Gasteiger partial charge in [-0.2, -0.15) is 0 Å². The maximum absolute atomic E-state index is 10.8. The number of aliphatic hydroxyl groups is 1. The minimum Gasteiger partial charge on any atom is -0.387 e. The van der Waals surface area contributed by atoms with Gasteiger partial charge >= 0.3 is 0 Å². The van der Waals surface area contributed by atoms with Crippen molar-refractivity contribution in [1.82, 2.24) is 15.0 Å². The molecule has 0 fully saturated rings. The van der Waals surface area contributed by atoms with Crippen molar-refractivity contribution in [3.8, 4) is 11.4 Å². The number of fused-ring (bicyclic) bond motifs is 1. The Morgan fingerprint density at radius 2 is 1.72 bits per heavy atom. The van der Waals surface area contributed by atoms with E-state index < -0.39 is 11.0 Å². The van der Waals surface area contributed by atoms with Crippen molar-refractivity contribution in [3.63, 3.8) is 0 Å². The molecule has 1 atom stereocenters. The lowest BCUT2D eigenvalue weighted by Crippen LogP contribution is -2.14. The van der Waals surface area contributed by atoms with E-state index in [2.05, 4.69) is 20.3 Å². The molecule has 4 aromatic rings. The summed E-state index contributed by atoms with van der Waals surface area (Å²) < 4.78 is 0. The molecule has 0 unspecified atom stereocenters. The molecule has 29 heavy (non-hydrogen) atoms. The summed E-state index contributed by atoms with van der Waals surface area (Å²) >= 11 is 0. The van der Waals surface area contributed by atoms with Gasteiger partial charge in [-0.1, -0.05) is 12.1 Å². The number of anilines is 1. The average Bonchev–Trinajstić information content (AvgIpc) is 2.77. The van der Waals surface area contributed by atoms with Crippen LogP contribution in [0.25, 0.3) is 22.3 Å². The molecule has 0 aliphatic heterocycles. The molecule has 4 rings (SSSR count). The van der Waals surface area contributed by atoms with Crippen LogP contribution >= 0.6 is 0 Å². The lowest BCUT2D eigenvalue weighted by Gasteiger charge is -2.15. The summed E-state index contributed by atoms with van der Waals surface area (Å²) in [5.74, 6) is 1.15. The minimum atomic E-state index is -0.853. The van der Waals surface area contributed by atoms with E-state index in [9.17, 15) is 15.2 Å². The number of aromatic nitrogens is 3. The van der Waals surface area contributed by atoms with E-state index in [1.165, 1.54) is 12.1 Å². The van der Waals surface area contributed by atoms with E-state index in [1.807, 2.05) is 36.4 Å². The highest BCUT2D eigenvalue weighted by atomic mass is 16.6. The SMILES string of the molecule is O=[N+]([O-])c1ccc([C@H](O)CNc2nc(-c3ccncc3)nc3ccccc23)cc1. The normalized spacial score (nSPS) is 11.9. The molecule has 144 valence electrons. The molecule has 0 amide bonds. The largest absolute Gasteiger partial charge is 0.387 e. The van der Waals surface area contributed by atoms with Gasteiger partial charge in [0, 0.05) is 42.0 Å². The third-order valence-corrected chi connectivity index (χ3v) is 4.49. The molecule has 2 aromatic carbocycles. The Balaban J connectivity index is 1.60. The van der Waals surface area contributed by atoms with Gasteiger partial charge in [-0.3, -0.25) is 15.1 Å². The van der Waals surface area contributed by atoms with Crippen LogP contribution in [-0.2, 0) is 0 Å². The first-order chi connectivity index (χ1) is 14.1. The summed E-state index contributed by atoms with van der Waals surface area (Å²) in [5, 5.41) is 25.3. The third kappa shape index (κ3) is 4.02. The summed E-state index contributed by atoms with van der Waals surface area (Å²) in [6, 6.07) is 17.1. The molecule has 0 saturated carbocycles. The Bertz CT molecular complexity index is 1150. The topological polar surface area (TPSA) is 114 Å². The third-order valence-electron chi connectivity index (χ3n) is 4.49. The zero-order chi connectivity index (χ0) is 20.2. The highest BCUT2D eigenvalue weighted by Gasteiger charge is 2.13. The van der Waals surface area contributed by atoms with Gasteiger partial charge in [0.15, 0.2) is 5.82 Å². The van der Waals surface area contributed by atoms with Crippen molar-refractivity contribution in [2.24, 2.45) is 0 Å². The van der Waals surface area contributed by atoms with Crippen molar-refractivity contribution in [2.75, 3.05) is 11.9 Å². The van der Waals surface area contributed by atoms with Crippen LogP contribution in [0.4, 0.5) is 11.5 Å². The number of nitro benzene ring substituents is 1. The molecule has 0 aliphatic carbocycles. The van der Waals surface area contributed by atoms with E-state index in [0.717, 1.165) is 16.5 Å². The van der Waals surface area contributed by atoms with Crippen molar-refractivity contribution in [1.29, 1.82) is 0 Å². The Morgan fingerprint density at radius 1 is 1.00 bits per heavy atom. The number of nitro groups is 1. The Kier molecular flexibility index (Phi) is 5.08. The molecule has 0 saturated heterocycles. The second kappa shape index (κ2) is 7.99. The lowest BCUT2D eigenvalue weighted by atomic mass is 10.1. The number of benzene rings is 2. The summed E-state index contributed by atoms with van der Waals surface area (Å²) in [6.07, 6.45) is 2.51. The minimum absolute atomic E-state index is 0.0160. The van der Waals surface area contributed by atoms with Crippen LogP contribution in [0.2, 0.25) is 0 Å². The maximum Gasteiger partial charge on any atom is 0.269 e. The molecule has 2 heterocycles. The van der Waals surface area contributed by atoms with Crippen LogP contribution in [0, 0.1) is 10.1 Å². The van der Waals surface area contributed by atoms with Crippen LogP contribution in [-0.4, -0.2) is 31.5 Å². The number of non-ortho nitro benzene ring substituents is 1. The predicted molar refractivity (Wildman–Crippen MR) is 109 cm³/mol. The zero-order valence-corrected chi connectivity index (χ0v) is 15.3. The summed E-state index contributed by atoms with van der Waals surface area (Å²) in [7, 11) is 0. The van der Waals surface area contributed by atoms with Gasteiger partial charge in [0.1, 0.15) is 5.82 Å². The van der Waals surface area contributed by atoms with E-state index in [1.54, 1.807) is 24.5 Å². The van der Waals surface area contributed by atoms with Crippen LogP contribution in [0.3, 0.4) is 0 Å². The van der Waals surface area contributed by atoms with Gasteiger partial charge in [-0.25, -0.2) is 9.97 Å². The Morgan fingerprint density at radius 3 is 2.45 bits per heavy atom. The van der Waals surface area contributed by atoms with Gasteiger partial charge in [0.25, 0.3) is 5.69 Å². The molecule has 0 radical (unpaired) electrons. The molecule has 0 spiro atoms. The number of hydrogen-bond donors (Lipinski definition) is 2. The number of para-hydroxylation sites is 1. The van der Waals surface area contributed by atoms with E-state index in [4.69, 9.17) is 0 Å². The Hall–Kier alpha value is -3.91. The second-order valence-electron chi connectivity index (χ2n) is 6.39. The second-order valence-corrected chi connectivity index (χ2v) is 6.39. The monoisotopic (exact) mass is 387 g/mol. The summed E-state index contributed by atoms with van der Waals surface area (Å²) in [6.45, 7) is 0.189. The fourth-order valence-corrected chi connectivity index (χ4v) is 2.97. The highest BCUT2D eigenvalue weighted by molar-refractivity contribution is 5.90. The Labute approximate surface area is 166 Å². The lowest BCUT2D eigenvalue weighted by molar-refractivity contribution is -0.384. The molecular weight excluding hydrogens is 370 g/mol. The van der Waals surface area contributed by atoms with Gasteiger partial charge in [-0.15, -0.1) is 0 Å². The number of pyridine rings is 1. The fraction of sp³-hybridized carbons (Fsp3) is 0.0952.